The van der Waals surface area contributed by atoms with Gasteiger partial charge in [0.05, 0.1) is 4.90 Å². The van der Waals surface area contributed by atoms with Crippen LogP contribution in [0.1, 0.15) is 1.43 Å². The Bertz CT molecular complexity index is 329. The van der Waals surface area contributed by atoms with Crippen molar-refractivity contribution in [2.75, 3.05) is 0 Å². The Kier molecular flexibility index (Phi) is 5.00. The molecule has 1 aromatic rings. The van der Waals surface area contributed by atoms with Crippen molar-refractivity contribution >= 4 is 10.1 Å². The summed E-state index contributed by atoms with van der Waals surface area (Å²) < 4.78 is 25.5. The fraction of sp³-hybridized carbons (Fsp3) is 0. The molecule has 12 heavy (non-hydrogen) atoms. The van der Waals surface area contributed by atoms with Gasteiger partial charge in [-0.15, -0.1) is 0 Å². The van der Waals surface area contributed by atoms with Crippen LogP contribution >= 0.6 is 0 Å². The molecule has 1 rings (SSSR count). The molecule has 0 spiro atoms. The molecule has 0 bridgehead atoms. The van der Waals surface area contributed by atoms with Gasteiger partial charge in [-0.3, -0.25) is 0 Å². The topological polar surface area (TPSA) is 69.4 Å². The number of nitrogens with two attached hydrogens (primary N) is 1. The van der Waals surface area contributed by atoms with E-state index in [1.54, 1.807) is 18.2 Å². The van der Waals surface area contributed by atoms with Gasteiger partial charge < -0.3 is 1.43 Å². The third kappa shape index (κ3) is 2.85. The van der Waals surface area contributed by atoms with Crippen molar-refractivity contribution in [2.24, 2.45) is 5.90 Å². The van der Waals surface area contributed by atoms with E-state index in [9.17, 15) is 8.42 Å². The van der Waals surface area contributed by atoms with Gasteiger partial charge in [-0.05, 0) is 12.1 Å². The van der Waals surface area contributed by atoms with E-state index in [4.69, 9.17) is 0 Å². The molecule has 2 N–H and O–H groups in total. The van der Waals surface area contributed by atoms with Gasteiger partial charge in [0, 0.05) is 0 Å². The first-order valence-electron chi connectivity index (χ1n) is 2.85. The first-order valence-corrected chi connectivity index (χ1v) is 4.26. The molecule has 0 unspecified atom stereocenters. The standard InChI is InChI=1S/C6H7NO3S.Na.H/c7-10-11(8,9)6-4-2-1-3-5-6;;/h1-5H,7H2;;/q;+1;-1. The third-order valence-corrected chi connectivity index (χ3v) is 2.26. The van der Waals surface area contributed by atoms with E-state index in [0.29, 0.717) is 0 Å². The second-order valence-electron chi connectivity index (χ2n) is 1.86. The van der Waals surface area contributed by atoms with Crippen molar-refractivity contribution in [3.63, 3.8) is 0 Å². The van der Waals surface area contributed by atoms with E-state index < -0.39 is 10.1 Å². The smallest absolute Gasteiger partial charge is 1.00 e. The summed E-state index contributed by atoms with van der Waals surface area (Å²) in [5.74, 6) is 4.55. The fourth-order valence-electron chi connectivity index (χ4n) is 0.643. The van der Waals surface area contributed by atoms with Crippen LogP contribution in [0.4, 0.5) is 0 Å². The van der Waals surface area contributed by atoms with E-state index in [1.165, 1.54) is 12.1 Å². The van der Waals surface area contributed by atoms with E-state index in [0.717, 1.165) is 0 Å². The second-order valence-corrected chi connectivity index (χ2v) is 3.44. The molecule has 1 aromatic carbocycles. The van der Waals surface area contributed by atoms with Crippen LogP contribution in [0.2, 0.25) is 0 Å². The summed E-state index contributed by atoms with van der Waals surface area (Å²) in [5, 5.41) is 0. The summed E-state index contributed by atoms with van der Waals surface area (Å²) in [7, 11) is -3.72. The zero-order chi connectivity index (χ0) is 8.32. The van der Waals surface area contributed by atoms with Crippen molar-refractivity contribution < 1.29 is 43.7 Å². The molecule has 0 heterocycles. The summed E-state index contributed by atoms with van der Waals surface area (Å²) in [5.41, 5.74) is 0. The third-order valence-electron chi connectivity index (χ3n) is 1.16. The zero-order valence-electron chi connectivity index (χ0n) is 7.60. The Morgan fingerprint density at radius 1 is 1.25 bits per heavy atom. The van der Waals surface area contributed by atoms with E-state index >= 15 is 0 Å². The van der Waals surface area contributed by atoms with Crippen LogP contribution in [0.5, 0.6) is 0 Å². The summed E-state index contributed by atoms with van der Waals surface area (Å²) >= 11 is 0. The minimum Gasteiger partial charge on any atom is -1.00 e. The SMILES string of the molecule is NOS(=O)(=O)c1ccccc1.[H-].[Na+]. The molecule has 0 aliphatic heterocycles. The molecular weight excluding hydrogens is 189 g/mol. The molecule has 6 heteroatoms. The molecule has 0 amide bonds. The minimum absolute atomic E-state index is 0. The maximum absolute atomic E-state index is 10.9. The first kappa shape index (κ1) is 12.1. The van der Waals surface area contributed by atoms with Crippen molar-refractivity contribution in [3.05, 3.63) is 30.3 Å². The summed E-state index contributed by atoms with van der Waals surface area (Å²) in [6.07, 6.45) is 0. The van der Waals surface area contributed by atoms with Crippen molar-refractivity contribution in [1.29, 1.82) is 0 Å². The van der Waals surface area contributed by atoms with Crippen LogP contribution in [0.15, 0.2) is 35.2 Å². The Balaban J connectivity index is 0. The van der Waals surface area contributed by atoms with Crippen LogP contribution in [-0.2, 0) is 14.4 Å². The number of rotatable bonds is 2. The predicted molar refractivity (Wildman–Crippen MR) is 40.0 cm³/mol. The number of hydrogen-bond donors (Lipinski definition) is 1. The molecule has 0 radical (unpaired) electrons. The van der Waals surface area contributed by atoms with Gasteiger partial charge in [-0.25, -0.2) is 0 Å². The Labute approximate surface area is 94.6 Å². The monoisotopic (exact) mass is 197 g/mol. The van der Waals surface area contributed by atoms with Gasteiger partial charge in [0.25, 0.3) is 0 Å². The molecule has 0 fully saturated rings. The van der Waals surface area contributed by atoms with Crippen molar-refractivity contribution in [1.82, 2.24) is 0 Å². The van der Waals surface area contributed by atoms with Gasteiger partial charge in [-0.2, -0.15) is 18.6 Å². The van der Waals surface area contributed by atoms with Crippen LogP contribution in [0.25, 0.3) is 0 Å². The molecule has 0 aliphatic rings. The minimum atomic E-state index is -3.72. The molecule has 62 valence electrons. The van der Waals surface area contributed by atoms with E-state index in [1.807, 2.05) is 0 Å². The summed E-state index contributed by atoms with van der Waals surface area (Å²) in [6.45, 7) is 0. The van der Waals surface area contributed by atoms with Crippen molar-refractivity contribution in [3.8, 4) is 0 Å². The molecule has 0 aliphatic carbocycles. The molecule has 0 aromatic heterocycles. The zero-order valence-corrected chi connectivity index (χ0v) is 9.41. The summed E-state index contributed by atoms with van der Waals surface area (Å²) in [4.78, 5) is 0.0579. The van der Waals surface area contributed by atoms with Gasteiger partial charge in [0.15, 0.2) is 0 Å². The molecular formula is C6H8NNaO3S. The van der Waals surface area contributed by atoms with Crippen LogP contribution in [-0.4, -0.2) is 8.42 Å². The maximum Gasteiger partial charge on any atom is 1.00 e. The average Bonchev–Trinajstić information content (AvgIpc) is 2.06. The van der Waals surface area contributed by atoms with E-state index in [-0.39, 0.29) is 35.9 Å². The number of benzene rings is 1. The fourth-order valence-corrected chi connectivity index (χ4v) is 1.24. The summed E-state index contributed by atoms with van der Waals surface area (Å²) in [6, 6.07) is 7.69. The van der Waals surface area contributed by atoms with Gasteiger partial charge >= 0.3 is 39.7 Å². The molecule has 0 atom stereocenters. The maximum atomic E-state index is 10.9. The van der Waals surface area contributed by atoms with Gasteiger partial charge in [0.1, 0.15) is 0 Å². The van der Waals surface area contributed by atoms with Crippen LogP contribution in [0.3, 0.4) is 0 Å². The largest absolute Gasteiger partial charge is 1.00 e. The van der Waals surface area contributed by atoms with Gasteiger partial charge in [0.2, 0.25) is 0 Å². The van der Waals surface area contributed by atoms with Crippen molar-refractivity contribution in [2.45, 2.75) is 4.90 Å². The quantitative estimate of drug-likeness (QED) is 0.416. The Morgan fingerprint density at radius 3 is 2.17 bits per heavy atom. The normalized spacial score (nSPS) is 10.4. The molecule has 0 saturated carbocycles. The molecule has 0 saturated heterocycles. The Hall–Kier alpha value is 0.0900. The molecule has 4 nitrogen and oxygen atoms in total. The second kappa shape index (κ2) is 4.96. The average molecular weight is 197 g/mol. The first-order chi connectivity index (χ1) is 5.17. The van der Waals surface area contributed by atoms with Gasteiger partial charge in [-0.1, -0.05) is 18.2 Å². The van der Waals surface area contributed by atoms with Crippen LogP contribution in [0, 0.1) is 0 Å². The van der Waals surface area contributed by atoms with Crippen LogP contribution < -0.4 is 35.5 Å². The number of hydrogen-bond acceptors (Lipinski definition) is 4. The van der Waals surface area contributed by atoms with E-state index in [2.05, 4.69) is 10.2 Å². The Morgan fingerprint density at radius 2 is 1.75 bits per heavy atom. The predicted octanol–water partition coefficient (Wildman–Crippen LogP) is -2.62.